The van der Waals surface area contributed by atoms with E-state index in [-0.39, 0.29) is 30.2 Å². The molecule has 1 rings (SSSR count). The lowest BCUT2D eigenvalue weighted by molar-refractivity contribution is -0.120. The minimum absolute atomic E-state index is 0.0243. The number of carbonyl (C=O) groups excluding carboxylic acids is 1. The van der Waals surface area contributed by atoms with Gasteiger partial charge in [-0.1, -0.05) is 6.92 Å². The van der Waals surface area contributed by atoms with Crippen molar-refractivity contribution in [2.24, 2.45) is 0 Å². The minimum Gasteiger partial charge on any atom is -0.399 e. The van der Waals surface area contributed by atoms with Gasteiger partial charge in [-0.3, -0.25) is 4.79 Å². The van der Waals surface area contributed by atoms with Gasteiger partial charge in [-0.25, -0.2) is 8.78 Å². The topological polar surface area (TPSA) is 67.2 Å². The Kier molecular flexibility index (Phi) is 5.35. The first-order chi connectivity index (χ1) is 8.54. The van der Waals surface area contributed by atoms with Gasteiger partial charge in [-0.05, 0) is 18.6 Å². The molecular weight excluding hydrogens is 240 g/mol. The highest BCUT2D eigenvalue weighted by Gasteiger charge is 2.10. The molecule has 0 fully saturated rings. The molecule has 1 aromatic carbocycles. The quantitative estimate of drug-likeness (QED) is 0.682. The van der Waals surface area contributed by atoms with Crippen LogP contribution in [0.25, 0.3) is 0 Å². The van der Waals surface area contributed by atoms with Crippen molar-refractivity contribution in [1.29, 1.82) is 0 Å². The fraction of sp³-hybridized carbons (Fsp3) is 0.417. The second-order valence-electron chi connectivity index (χ2n) is 3.89. The number of rotatable bonds is 6. The van der Waals surface area contributed by atoms with Crippen LogP contribution < -0.4 is 16.4 Å². The van der Waals surface area contributed by atoms with Crippen LogP contribution in [0.2, 0.25) is 0 Å². The van der Waals surface area contributed by atoms with E-state index in [0.717, 1.165) is 18.6 Å². The number of carbonyl (C=O) groups is 1. The molecule has 6 heteroatoms. The number of hydrogen-bond donors (Lipinski definition) is 3. The van der Waals surface area contributed by atoms with E-state index in [0.29, 0.717) is 6.54 Å². The number of nitrogens with two attached hydrogens (primary N) is 1. The van der Waals surface area contributed by atoms with E-state index in [4.69, 9.17) is 5.73 Å². The Morgan fingerprint density at radius 3 is 2.44 bits per heavy atom. The molecule has 100 valence electrons. The fourth-order valence-electron chi connectivity index (χ4n) is 1.42. The third-order valence-electron chi connectivity index (χ3n) is 2.29. The van der Waals surface area contributed by atoms with E-state index in [1.807, 2.05) is 6.92 Å². The van der Waals surface area contributed by atoms with E-state index >= 15 is 0 Å². The van der Waals surface area contributed by atoms with Crippen LogP contribution in [0.3, 0.4) is 0 Å². The molecule has 1 aromatic rings. The van der Waals surface area contributed by atoms with Crippen LogP contribution in [0.1, 0.15) is 19.8 Å². The Labute approximate surface area is 105 Å². The maximum absolute atomic E-state index is 13.4. The summed E-state index contributed by atoms with van der Waals surface area (Å²) >= 11 is 0. The zero-order valence-electron chi connectivity index (χ0n) is 10.2. The highest BCUT2D eigenvalue weighted by Crippen LogP contribution is 2.21. The maximum Gasteiger partial charge on any atom is 0.221 e. The number of amides is 1. The molecule has 0 spiro atoms. The van der Waals surface area contributed by atoms with E-state index in [1.54, 1.807) is 0 Å². The number of hydrogen-bond acceptors (Lipinski definition) is 3. The molecule has 4 N–H and O–H groups in total. The molecule has 0 aliphatic rings. The average Bonchev–Trinajstić information content (AvgIpc) is 2.29. The van der Waals surface area contributed by atoms with Crippen molar-refractivity contribution >= 4 is 17.3 Å². The number of anilines is 2. The van der Waals surface area contributed by atoms with Crippen LogP contribution in [0.5, 0.6) is 0 Å². The van der Waals surface area contributed by atoms with Gasteiger partial charge < -0.3 is 16.4 Å². The number of nitrogen functional groups attached to an aromatic ring is 1. The molecule has 0 unspecified atom stereocenters. The Morgan fingerprint density at radius 2 is 1.89 bits per heavy atom. The smallest absolute Gasteiger partial charge is 0.221 e. The number of nitrogens with one attached hydrogen (secondary N) is 2. The molecule has 0 bridgehead atoms. The van der Waals surface area contributed by atoms with Crippen molar-refractivity contribution in [2.75, 3.05) is 24.1 Å². The largest absolute Gasteiger partial charge is 0.399 e. The summed E-state index contributed by atoms with van der Waals surface area (Å²) in [6, 6.07) is 2.06. The zero-order chi connectivity index (χ0) is 13.5. The summed E-state index contributed by atoms with van der Waals surface area (Å²) < 4.78 is 26.7. The molecule has 0 atom stereocenters. The normalized spacial score (nSPS) is 10.2. The van der Waals surface area contributed by atoms with Crippen LogP contribution in [0.15, 0.2) is 12.1 Å². The molecule has 0 saturated heterocycles. The lowest BCUT2D eigenvalue weighted by Crippen LogP contribution is -2.26. The summed E-state index contributed by atoms with van der Waals surface area (Å²) in [4.78, 5) is 11.3. The van der Waals surface area contributed by atoms with Gasteiger partial charge in [0.25, 0.3) is 0 Å². The average molecular weight is 257 g/mol. The van der Waals surface area contributed by atoms with Crippen LogP contribution >= 0.6 is 0 Å². The summed E-state index contributed by atoms with van der Waals surface area (Å²) in [6.45, 7) is 2.70. The standard InChI is InChI=1S/C12H17F2N3O/c1-2-4-16-11(18)3-5-17-12-9(13)6-8(15)7-10(12)14/h6-7,17H,2-5,15H2,1H3,(H,16,18). The van der Waals surface area contributed by atoms with Crippen LogP contribution in [-0.4, -0.2) is 19.0 Å². The van der Waals surface area contributed by atoms with Crippen LogP contribution in [0, 0.1) is 11.6 Å². The Balaban J connectivity index is 2.47. The van der Waals surface area contributed by atoms with Crippen LogP contribution in [0.4, 0.5) is 20.2 Å². The highest BCUT2D eigenvalue weighted by atomic mass is 19.1. The van der Waals surface area contributed by atoms with E-state index in [9.17, 15) is 13.6 Å². The van der Waals surface area contributed by atoms with Crippen molar-refractivity contribution in [3.05, 3.63) is 23.8 Å². The SMILES string of the molecule is CCCNC(=O)CCNc1c(F)cc(N)cc1F. The predicted octanol–water partition coefficient (Wildman–Crippen LogP) is 1.88. The first-order valence-electron chi connectivity index (χ1n) is 5.79. The number of halogens is 2. The van der Waals surface area contributed by atoms with Crippen molar-refractivity contribution in [3.63, 3.8) is 0 Å². The monoisotopic (exact) mass is 257 g/mol. The molecule has 0 saturated carbocycles. The molecule has 0 aromatic heterocycles. The first-order valence-corrected chi connectivity index (χ1v) is 5.79. The lowest BCUT2D eigenvalue weighted by Gasteiger charge is -2.09. The molecule has 0 radical (unpaired) electrons. The van der Waals surface area contributed by atoms with E-state index in [1.165, 1.54) is 0 Å². The Hall–Kier alpha value is -1.85. The molecule has 18 heavy (non-hydrogen) atoms. The summed E-state index contributed by atoms with van der Waals surface area (Å²) in [5.74, 6) is -1.68. The highest BCUT2D eigenvalue weighted by molar-refractivity contribution is 5.76. The van der Waals surface area contributed by atoms with Crippen molar-refractivity contribution in [1.82, 2.24) is 5.32 Å². The second kappa shape index (κ2) is 6.78. The molecule has 1 amide bonds. The minimum atomic E-state index is -0.763. The van der Waals surface area contributed by atoms with Gasteiger partial charge in [0.15, 0.2) is 11.6 Å². The van der Waals surface area contributed by atoms with Gasteiger partial charge in [0, 0.05) is 25.2 Å². The third-order valence-corrected chi connectivity index (χ3v) is 2.29. The first kappa shape index (κ1) is 14.2. The van der Waals surface area contributed by atoms with Crippen molar-refractivity contribution < 1.29 is 13.6 Å². The van der Waals surface area contributed by atoms with Gasteiger partial charge in [0.2, 0.25) is 5.91 Å². The van der Waals surface area contributed by atoms with Crippen molar-refractivity contribution in [3.8, 4) is 0 Å². The van der Waals surface area contributed by atoms with Crippen LogP contribution in [-0.2, 0) is 4.79 Å². The van der Waals surface area contributed by atoms with Crippen molar-refractivity contribution in [2.45, 2.75) is 19.8 Å². The van der Waals surface area contributed by atoms with Gasteiger partial charge >= 0.3 is 0 Å². The molecule has 0 heterocycles. The maximum atomic E-state index is 13.4. The van der Waals surface area contributed by atoms with Gasteiger partial charge in [0.1, 0.15) is 5.69 Å². The molecule has 0 aliphatic heterocycles. The zero-order valence-corrected chi connectivity index (χ0v) is 10.2. The summed E-state index contributed by atoms with van der Waals surface area (Å²) in [6.07, 6.45) is 1.00. The van der Waals surface area contributed by atoms with E-state index < -0.39 is 11.6 Å². The molecule has 4 nitrogen and oxygen atoms in total. The summed E-state index contributed by atoms with van der Waals surface area (Å²) in [5.41, 5.74) is 5.06. The number of benzene rings is 1. The van der Waals surface area contributed by atoms with Gasteiger partial charge in [0.05, 0.1) is 0 Å². The predicted molar refractivity (Wildman–Crippen MR) is 67.2 cm³/mol. The summed E-state index contributed by atoms with van der Waals surface area (Å²) in [7, 11) is 0. The lowest BCUT2D eigenvalue weighted by atomic mass is 10.2. The Bertz CT molecular complexity index is 401. The molecule has 0 aliphatic carbocycles. The molecular formula is C12H17F2N3O. The second-order valence-corrected chi connectivity index (χ2v) is 3.89. The fourth-order valence-corrected chi connectivity index (χ4v) is 1.42. The van der Waals surface area contributed by atoms with Gasteiger partial charge in [-0.15, -0.1) is 0 Å². The third kappa shape index (κ3) is 4.20. The summed E-state index contributed by atoms with van der Waals surface area (Å²) in [5, 5.41) is 5.22. The van der Waals surface area contributed by atoms with E-state index in [2.05, 4.69) is 10.6 Å². The van der Waals surface area contributed by atoms with Gasteiger partial charge in [-0.2, -0.15) is 0 Å². The Morgan fingerprint density at radius 1 is 1.28 bits per heavy atom.